The van der Waals surface area contributed by atoms with Crippen molar-refractivity contribution in [3.63, 3.8) is 0 Å². The number of piperidine rings is 1. The van der Waals surface area contributed by atoms with E-state index in [-0.39, 0.29) is 5.91 Å². The van der Waals surface area contributed by atoms with Gasteiger partial charge in [-0.2, -0.15) is 0 Å². The lowest BCUT2D eigenvalue weighted by Gasteiger charge is -2.32. The molecule has 2 rings (SSSR count). The Morgan fingerprint density at radius 1 is 1.47 bits per heavy atom. The zero-order valence-corrected chi connectivity index (χ0v) is 11.3. The SMILES string of the molecule is COCC1CCCN(C(=O)c2ccc(N)cc2N)C1. The van der Waals surface area contributed by atoms with Gasteiger partial charge in [-0.25, -0.2) is 0 Å². The molecule has 1 atom stereocenters. The zero-order chi connectivity index (χ0) is 13.8. The molecule has 0 spiro atoms. The number of ether oxygens (including phenoxy) is 1. The third-order valence-electron chi connectivity index (χ3n) is 3.51. The first-order valence-corrected chi connectivity index (χ1v) is 6.55. The van der Waals surface area contributed by atoms with E-state index in [9.17, 15) is 4.79 Å². The first-order valence-electron chi connectivity index (χ1n) is 6.55. The number of methoxy groups -OCH3 is 1. The fourth-order valence-electron chi connectivity index (χ4n) is 2.57. The summed E-state index contributed by atoms with van der Waals surface area (Å²) in [5, 5.41) is 0. The van der Waals surface area contributed by atoms with Crippen molar-refractivity contribution in [3.05, 3.63) is 23.8 Å². The highest BCUT2D eigenvalue weighted by molar-refractivity contribution is 5.99. The number of anilines is 2. The highest BCUT2D eigenvalue weighted by Gasteiger charge is 2.25. The van der Waals surface area contributed by atoms with Crippen molar-refractivity contribution in [3.8, 4) is 0 Å². The molecular formula is C14H21N3O2. The summed E-state index contributed by atoms with van der Waals surface area (Å²) in [5.74, 6) is 0.399. The van der Waals surface area contributed by atoms with Gasteiger partial charge in [-0.3, -0.25) is 4.79 Å². The molecule has 104 valence electrons. The quantitative estimate of drug-likeness (QED) is 0.806. The number of benzene rings is 1. The molecule has 1 unspecified atom stereocenters. The Morgan fingerprint density at radius 3 is 2.95 bits per heavy atom. The maximum atomic E-state index is 12.4. The van der Waals surface area contributed by atoms with Gasteiger partial charge in [0.25, 0.3) is 5.91 Å². The summed E-state index contributed by atoms with van der Waals surface area (Å²) in [5.41, 5.74) is 13.1. The summed E-state index contributed by atoms with van der Waals surface area (Å²) >= 11 is 0. The van der Waals surface area contributed by atoms with Crippen molar-refractivity contribution < 1.29 is 9.53 Å². The van der Waals surface area contributed by atoms with Crippen LogP contribution in [0, 0.1) is 5.92 Å². The molecule has 1 aliphatic rings. The normalized spacial score (nSPS) is 19.4. The zero-order valence-electron chi connectivity index (χ0n) is 11.3. The number of hydrogen-bond donors (Lipinski definition) is 2. The van der Waals surface area contributed by atoms with Crippen molar-refractivity contribution >= 4 is 17.3 Å². The van der Waals surface area contributed by atoms with E-state index < -0.39 is 0 Å². The van der Waals surface area contributed by atoms with Crippen LogP contribution in [0.1, 0.15) is 23.2 Å². The summed E-state index contributed by atoms with van der Waals surface area (Å²) in [6.45, 7) is 2.21. The fraction of sp³-hybridized carbons (Fsp3) is 0.500. The van der Waals surface area contributed by atoms with Gasteiger partial charge in [-0.1, -0.05) is 0 Å². The van der Waals surface area contributed by atoms with E-state index in [0.717, 1.165) is 25.9 Å². The standard InChI is InChI=1S/C14H21N3O2/c1-19-9-10-3-2-6-17(8-10)14(18)12-5-4-11(15)7-13(12)16/h4-5,7,10H,2-3,6,8-9,15-16H2,1H3. The van der Waals surface area contributed by atoms with Gasteiger partial charge < -0.3 is 21.1 Å². The number of carbonyl (C=O) groups excluding carboxylic acids is 1. The van der Waals surface area contributed by atoms with Gasteiger partial charge in [-0.15, -0.1) is 0 Å². The summed E-state index contributed by atoms with van der Waals surface area (Å²) < 4.78 is 5.18. The molecule has 1 heterocycles. The molecular weight excluding hydrogens is 242 g/mol. The van der Waals surface area contributed by atoms with Crippen LogP contribution in [0.2, 0.25) is 0 Å². The highest BCUT2D eigenvalue weighted by Crippen LogP contribution is 2.22. The Balaban J connectivity index is 2.10. The third kappa shape index (κ3) is 3.17. The molecule has 5 nitrogen and oxygen atoms in total. The Hall–Kier alpha value is -1.75. The number of amides is 1. The largest absolute Gasteiger partial charge is 0.399 e. The minimum absolute atomic E-state index is 0.0155. The van der Waals surface area contributed by atoms with Gasteiger partial charge in [-0.05, 0) is 37.0 Å². The van der Waals surface area contributed by atoms with E-state index in [1.807, 2.05) is 4.90 Å². The molecule has 0 aliphatic carbocycles. The molecule has 4 N–H and O–H groups in total. The second kappa shape index (κ2) is 5.93. The summed E-state index contributed by atoms with van der Waals surface area (Å²) in [6.07, 6.45) is 2.11. The Labute approximate surface area is 113 Å². The smallest absolute Gasteiger partial charge is 0.255 e. The molecule has 5 heteroatoms. The molecule has 1 amide bonds. The predicted molar refractivity (Wildman–Crippen MR) is 75.8 cm³/mol. The molecule has 1 aromatic rings. The minimum Gasteiger partial charge on any atom is -0.399 e. The Kier molecular flexibility index (Phi) is 4.27. The van der Waals surface area contributed by atoms with Crippen LogP contribution in [0.4, 0.5) is 11.4 Å². The first-order chi connectivity index (χ1) is 9.11. The average molecular weight is 263 g/mol. The molecule has 1 aliphatic heterocycles. The number of nitrogen functional groups attached to an aromatic ring is 2. The summed E-state index contributed by atoms with van der Waals surface area (Å²) in [6, 6.07) is 5.04. The van der Waals surface area contributed by atoms with E-state index in [1.54, 1.807) is 25.3 Å². The van der Waals surface area contributed by atoms with Crippen LogP contribution in [-0.4, -0.2) is 37.6 Å². The van der Waals surface area contributed by atoms with Crippen LogP contribution in [0.25, 0.3) is 0 Å². The van der Waals surface area contributed by atoms with Gasteiger partial charge >= 0.3 is 0 Å². The maximum Gasteiger partial charge on any atom is 0.255 e. The van der Waals surface area contributed by atoms with Crippen LogP contribution in [-0.2, 0) is 4.74 Å². The maximum absolute atomic E-state index is 12.4. The minimum atomic E-state index is -0.0155. The predicted octanol–water partition coefficient (Wildman–Crippen LogP) is 1.35. The van der Waals surface area contributed by atoms with E-state index in [4.69, 9.17) is 16.2 Å². The van der Waals surface area contributed by atoms with Crippen LogP contribution >= 0.6 is 0 Å². The van der Waals surface area contributed by atoms with Gasteiger partial charge in [0.15, 0.2) is 0 Å². The summed E-state index contributed by atoms with van der Waals surface area (Å²) in [7, 11) is 1.69. The molecule has 0 saturated carbocycles. The topological polar surface area (TPSA) is 81.6 Å². The highest BCUT2D eigenvalue weighted by atomic mass is 16.5. The van der Waals surface area contributed by atoms with E-state index >= 15 is 0 Å². The molecule has 0 aromatic heterocycles. The molecule has 19 heavy (non-hydrogen) atoms. The number of carbonyl (C=O) groups is 1. The molecule has 1 aromatic carbocycles. The van der Waals surface area contributed by atoms with Crippen molar-refractivity contribution in [1.82, 2.24) is 4.90 Å². The lowest BCUT2D eigenvalue weighted by atomic mass is 9.98. The number of nitrogens with two attached hydrogens (primary N) is 2. The van der Waals surface area contributed by atoms with Gasteiger partial charge in [0.05, 0.1) is 12.2 Å². The number of nitrogens with zero attached hydrogens (tertiary/aromatic N) is 1. The van der Waals surface area contributed by atoms with Crippen molar-refractivity contribution in [2.24, 2.45) is 5.92 Å². The Bertz CT molecular complexity index is 460. The Morgan fingerprint density at radius 2 is 2.26 bits per heavy atom. The van der Waals surface area contributed by atoms with Crippen molar-refractivity contribution in [2.45, 2.75) is 12.8 Å². The second-order valence-electron chi connectivity index (χ2n) is 5.06. The molecule has 0 radical (unpaired) electrons. The lowest BCUT2D eigenvalue weighted by Crippen LogP contribution is -2.41. The number of hydrogen-bond acceptors (Lipinski definition) is 4. The monoisotopic (exact) mass is 263 g/mol. The van der Waals surface area contributed by atoms with Crippen molar-refractivity contribution in [2.75, 3.05) is 38.3 Å². The van der Waals surface area contributed by atoms with Crippen LogP contribution < -0.4 is 11.5 Å². The first kappa shape index (κ1) is 13.7. The average Bonchev–Trinajstić information content (AvgIpc) is 2.39. The fourth-order valence-corrected chi connectivity index (χ4v) is 2.57. The van der Waals surface area contributed by atoms with Crippen LogP contribution in [0.15, 0.2) is 18.2 Å². The number of likely N-dealkylation sites (tertiary alicyclic amines) is 1. The van der Waals surface area contributed by atoms with Gasteiger partial charge in [0.2, 0.25) is 0 Å². The van der Waals surface area contributed by atoms with Crippen LogP contribution in [0.3, 0.4) is 0 Å². The van der Waals surface area contributed by atoms with Crippen LogP contribution in [0.5, 0.6) is 0 Å². The molecule has 1 fully saturated rings. The van der Waals surface area contributed by atoms with Gasteiger partial charge in [0.1, 0.15) is 0 Å². The van der Waals surface area contributed by atoms with E-state index in [1.165, 1.54) is 0 Å². The van der Waals surface area contributed by atoms with E-state index in [2.05, 4.69) is 0 Å². The lowest BCUT2D eigenvalue weighted by molar-refractivity contribution is 0.0572. The molecule has 1 saturated heterocycles. The third-order valence-corrected chi connectivity index (χ3v) is 3.51. The second-order valence-corrected chi connectivity index (χ2v) is 5.06. The van der Waals surface area contributed by atoms with Crippen molar-refractivity contribution in [1.29, 1.82) is 0 Å². The number of rotatable bonds is 3. The molecule has 0 bridgehead atoms. The van der Waals surface area contributed by atoms with E-state index in [0.29, 0.717) is 29.5 Å². The van der Waals surface area contributed by atoms with Gasteiger partial charge in [0, 0.05) is 31.6 Å². The summed E-state index contributed by atoms with van der Waals surface area (Å²) in [4.78, 5) is 14.3.